The van der Waals surface area contributed by atoms with Crippen molar-refractivity contribution in [3.8, 4) is 11.5 Å². The summed E-state index contributed by atoms with van der Waals surface area (Å²) in [6.07, 6.45) is 0.382. The molecule has 1 aliphatic heterocycles. The van der Waals surface area contributed by atoms with Gasteiger partial charge in [0.1, 0.15) is 0 Å². The summed E-state index contributed by atoms with van der Waals surface area (Å²) in [6, 6.07) is 4.54. The molecule has 1 aromatic carbocycles. The predicted molar refractivity (Wildman–Crippen MR) is 65.1 cm³/mol. The second kappa shape index (κ2) is 3.66. The summed E-state index contributed by atoms with van der Waals surface area (Å²) >= 11 is 0. The van der Waals surface area contributed by atoms with Gasteiger partial charge in [0.2, 0.25) is 11.5 Å². The Balaban J connectivity index is 2.00. The van der Waals surface area contributed by atoms with Crippen molar-refractivity contribution in [1.29, 1.82) is 0 Å². The summed E-state index contributed by atoms with van der Waals surface area (Å²) in [7, 11) is 0. The van der Waals surface area contributed by atoms with E-state index in [1.165, 1.54) is 6.07 Å². The lowest BCUT2D eigenvalue weighted by molar-refractivity contribution is -0.161. The first kappa shape index (κ1) is 11.9. The Morgan fingerprint density at radius 2 is 2.05 bits per heavy atom. The number of allylic oxidation sites excluding steroid dienone is 2. The topological polar surface area (TPSA) is 76.0 Å². The fourth-order valence-electron chi connectivity index (χ4n) is 2.51. The van der Waals surface area contributed by atoms with Crippen LogP contribution in [-0.2, 0) is 20.1 Å². The highest BCUT2D eigenvalue weighted by atomic mass is 16.7. The number of ether oxygens (including phenoxy) is 2. The van der Waals surface area contributed by atoms with Gasteiger partial charge in [0, 0.05) is 19.3 Å². The van der Waals surface area contributed by atoms with Gasteiger partial charge in [-0.05, 0) is 12.1 Å². The van der Waals surface area contributed by atoms with E-state index >= 15 is 0 Å². The number of phenolic OH excluding ortho intramolecular Hbond substituents is 2. The molecule has 2 N–H and O–H groups in total. The van der Waals surface area contributed by atoms with Gasteiger partial charge in [0.05, 0.1) is 5.56 Å². The van der Waals surface area contributed by atoms with E-state index in [2.05, 4.69) is 0 Å². The lowest BCUT2D eigenvalue weighted by Crippen LogP contribution is -2.26. The summed E-state index contributed by atoms with van der Waals surface area (Å²) < 4.78 is 11.4. The molecule has 1 aliphatic carbocycles. The molecule has 3 rings (SSSR count). The molecule has 0 radical (unpaired) electrons. The van der Waals surface area contributed by atoms with Crippen LogP contribution in [0.3, 0.4) is 0 Å². The van der Waals surface area contributed by atoms with E-state index in [1.54, 1.807) is 19.1 Å². The van der Waals surface area contributed by atoms with Gasteiger partial charge in [-0.3, -0.25) is 4.79 Å². The fourth-order valence-corrected chi connectivity index (χ4v) is 2.51. The predicted octanol–water partition coefficient (Wildman–Crippen LogP) is 2.14. The highest BCUT2D eigenvalue weighted by Crippen LogP contribution is 2.49. The van der Waals surface area contributed by atoms with Crippen molar-refractivity contribution in [1.82, 2.24) is 0 Å². The third-order valence-corrected chi connectivity index (χ3v) is 3.52. The number of para-hydroxylation sites is 1. The van der Waals surface area contributed by atoms with Gasteiger partial charge in [0.15, 0.2) is 17.3 Å². The van der Waals surface area contributed by atoms with E-state index in [4.69, 9.17) is 9.47 Å². The minimum atomic E-state index is -1.28. The van der Waals surface area contributed by atoms with Crippen molar-refractivity contribution >= 4 is 5.78 Å². The van der Waals surface area contributed by atoms with Crippen LogP contribution < -0.4 is 0 Å². The van der Waals surface area contributed by atoms with Gasteiger partial charge in [-0.15, -0.1) is 0 Å². The molecule has 0 saturated heterocycles. The summed E-state index contributed by atoms with van der Waals surface area (Å²) in [5, 5.41) is 19.4. The van der Waals surface area contributed by atoms with Crippen molar-refractivity contribution in [3.05, 3.63) is 35.3 Å². The third kappa shape index (κ3) is 1.58. The van der Waals surface area contributed by atoms with Crippen LogP contribution >= 0.6 is 0 Å². The second-order valence-corrected chi connectivity index (χ2v) is 5.04. The van der Waals surface area contributed by atoms with Crippen LogP contribution in [0.25, 0.3) is 0 Å². The first-order valence-corrected chi connectivity index (χ1v) is 6.09. The number of rotatable bonds is 1. The highest BCUT2D eigenvalue weighted by Gasteiger charge is 2.49. The van der Waals surface area contributed by atoms with E-state index in [1.807, 2.05) is 6.92 Å². The van der Waals surface area contributed by atoms with Crippen LogP contribution in [0.1, 0.15) is 25.8 Å². The molecular weight excluding hydrogens is 248 g/mol. The van der Waals surface area contributed by atoms with E-state index in [0.717, 1.165) is 0 Å². The minimum Gasteiger partial charge on any atom is -0.504 e. The molecular formula is C14H14O5. The summed E-state index contributed by atoms with van der Waals surface area (Å²) in [5.41, 5.74) is 0.293. The number of hydrogen-bond donors (Lipinski definition) is 2. The van der Waals surface area contributed by atoms with Gasteiger partial charge in [-0.2, -0.15) is 0 Å². The van der Waals surface area contributed by atoms with Crippen LogP contribution in [0.2, 0.25) is 0 Å². The number of aromatic hydroxyl groups is 2. The Bertz CT molecular complexity index is 604. The Morgan fingerprint density at radius 3 is 2.74 bits per heavy atom. The zero-order valence-electron chi connectivity index (χ0n) is 10.6. The molecule has 0 amide bonds. The Kier molecular flexibility index (Phi) is 2.29. The van der Waals surface area contributed by atoms with Gasteiger partial charge in [-0.25, -0.2) is 0 Å². The minimum absolute atomic E-state index is 0.0243. The molecule has 0 aromatic heterocycles. The van der Waals surface area contributed by atoms with Gasteiger partial charge in [-0.1, -0.05) is 13.0 Å². The quantitative estimate of drug-likeness (QED) is 0.758. The lowest BCUT2D eigenvalue weighted by atomic mass is 10.0. The molecule has 2 unspecified atom stereocenters. The maximum absolute atomic E-state index is 11.8. The van der Waals surface area contributed by atoms with Crippen molar-refractivity contribution in [2.24, 2.45) is 5.92 Å². The van der Waals surface area contributed by atoms with Crippen LogP contribution in [0.5, 0.6) is 11.5 Å². The Hall–Kier alpha value is -2.17. The molecule has 1 aromatic rings. The van der Waals surface area contributed by atoms with Crippen LogP contribution in [0.15, 0.2) is 29.7 Å². The van der Waals surface area contributed by atoms with Crippen LogP contribution in [0.4, 0.5) is 0 Å². The third-order valence-electron chi connectivity index (χ3n) is 3.52. The first-order chi connectivity index (χ1) is 8.92. The standard InChI is InChI=1S/C14H14O5/c1-7-6-10(16)13-12(7)18-14(2,19-13)8-4-3-5-9(15)11(8)17/h3-5,7,15,17H,6H2,1-2H3. The number of carbonyl (C=O) groups is 1. The maximum atomic E-state index is 11.8. The van der Waals surface area contributed by atoms with Crippen LogP contribution in [0, 0.1) is 5.92 Å². The van der Waals surface area contributed by atoms with Crippen molar-refractivity contribution in [3.63, 3.8) is 0 Å². The molecule has 2 aliphatic rings. The lowest BCUT2D eigenvalue weighted by Gasteiger charge is -2.27. The molecule has 100 valence electrons. The van der Waals surface area contributed by atoms with E-state index < -0.39 is 5.79 Å². The van der Waals surface area contributed by atoms with E-state index in [9.17, 15) is 15.0 Å². The van der Waals surface area contributed by atoms with E-state index in [0.29, 0.717) is 17.7 Å². The first-order valence-electron chi connectivity index (χ1n) is 6.09. The Morgan fingerprint density at radius 1 is 1.32 bits per heavy atom. The van der Waals surface area contributed by atoms with Gasteiger partial charge < -0.3 is 19.7 Å². The Labute approximate surface area is 110 Å². The number of carbonyl (C=O) groups excluding carboxylic acids is 1. The average molecular weight is 262 g/mol. The number of phenols is 2. The van der Waals surface area contributed by atoms with Crippen molar-refractivity contribution < 1.29 is 24.5 Å². The molecule has 0 spiro atoms. The average Bonchev–Trinajstić information content (AvgIpc) is 2.82. The SMILES string of the molecule is CC1CC(=O)C2=C1OC(C)(c1cccc(O)c1O)O2. The largest absolute Gasteiger partial charge is 0.504 e. The zero-order chi connectivity index (χ0) is 13.8. The highest BCUT2D eigenvalue weighted by molar-refractivity contribution is 5.97. The monoisotopic (exact) mass is 262 g/mol. The van der Waals surface area contributed by atoms with Crippen molar-refractivity contribution in [2.75, 3.05) is 0 Å². The fraction of sp³-hybridized carbons (Fsp3) is 0.357. The number of ketones is 1. The number of benzene rings is 1. The second-order valence-electron chi connectivity index (χ2n) is 5.04. The van der Waals surface area contributed by atoms with Gasteiger partial charge >= 0.3 is 0 Å². The zero-order valence-corrected chi connectivity index (χ0v) is 10.6. The summed E-state index contributed by atoms with van der Waals surface area (Å²) in [5.74, 6) is -1.19. The molecule has 5 heteroatoms. The molecule has 19 heavy (non-hydrogen) atoms. The van der Waals surface area contributed by atoms with Crippen molar-refractivity contribution in [2.45, 2.75) is 26.1 Å². The molecule has 2 atom stereocenters. The summed E-state index contributed by atoms with van der Waals surface area (Å²) in [4.78, 5) is 11.8. The molecule has 1 heterocycles. The molecule has 5 nitrogen and oxygen atoms in total. The van der Waals surface area contributed by atoms with Crippen LogP contribution in [-0.4, -0.2) is 16.0 Å². The molecule has 0 bridgehead atoms. The number of Topliss-reactive ketones (excluding diaryl/α,β-unsaturated/α-hetero) is 1. The van der Waals surface area contributed by atoms with Gasteiger partial charge in [0.25, 0.3) is 5.79 Å². The molecule has 0 fully saturated rings. The normalized spacial score (nSPS) is 29.2. The van der Waals surface area contributed by atoms with E-state index in [-0.39, 0.29) is 29.0 Å². The summed E-state index contributed by atoms with van der Waals surface area (Å²) in [6.45, 7) is 3.50. The number of hydrogen-bond acceptors (Lipinski definition) is 5. The smallest absolute Gasteiger partial charge is 0.278 e. The molecule has 0 saturated carbocycles. The maximum Gasteiger partial charge on any atom is 0.278 e.